The molecule has 1 atom stereocenters. The number of carbonyl (C=O) groups excluding carboxylic acids is 1. The van der Waals surface area contributed by atoms with Gasteiger partial charge in [-0.1, -0.05) is 12.2 Å². The highest BCUT2D eigenvalue weighted by atomic mass is 16.6. The predicted octanol–water partition coefficient (Wildman–Crippen LogP) is 2.16. The van der Waals surface area contributed by atoms with E-state index in [1.165, 1.54) is 6.92 Å². The van der Waals surface area contributed by atoms with Crippen molar-refractivity contribution < 1.29 is 9.72 Å². The molecule has 1 N–H and O–H groups in total. The molecule has 24 heavy (non-hydrogen) atoms. The summed E-state index contributed by atoms with van der Waals surface area (Å²) in [6.45, 7) is 1.69. The van der Waals surface area contributed by atoms with Gasteiger partial charge in [0, 0.05) is 36.0 Å². The molecule has 7 nitrogen and oxygen atoms in total. The Balaban J connectivity index is 2.74. The van der Waals surface area contributed by atoms with Crippen LogP contribution in [0.4, 0.5) is 11.4 Å². The molecule has 1 aromatic rings. The van der Waals surface area contributed by atoms with Crippen molar-refractivity contribution >= 4 is 23.2 Å². The van der Waals surface area contributed by atoms with E-state index in [1.807, 2.05) is 43.3 Å². The Labute approximate surface area is 142 Å². The third kappa shape index (κ3) is 2.87. The van der Waals surface area contributed by atoms with Gasteiger partial charge in [-0.25, -0.2) is 4.90 Å². The van der Waals surface area contributed by atoms with Crippen LogP contribution in [-0.4, -0.2) is 50.3 Å². The van der Waals surface area contributed by atoms with Crippen molar-refractivity contribution in [2.75, 3.05) is 45.0 Å². The Bertz CT molecular complexity index is 697. The monoisotopic (exact) mass is 332 g/mol. The Morgan fingerprint density at radius 2 is 2.00 bits per heavy atom. The molecule has 130 valence electrons. The number of nitro groups is 1. The maximum atomic E-state index is 12.1. The topological polar surface area (TPSA) is 78.7 Å². The molecule has 1 aliphatic rings. The van der Waals surface area contributed by atoms with Gasteiger partial charge in [-0.2, -0.15) is 0 Å². The molecule has 2 rings (SSSR count). The SMILES string of the molecule is CC(=O)CNc1ccc(N(C)C)c2c1C=CCC2(N(C)C)[N+](=O)[O-]. The molecule has 1 aromatic carbocycles. The lowest BCUT2D eigenvalue weighted by Gasteiger charge is -2.37. The van der Waals surface area contributed by atoms with Crippen LogP contribution in [0.5, 0.6) is 0 Å². The van der Waals surface area contributed by atoms with Gasteiger partial charge in [0.25, 0.3) is 0 Å². The first kappa shape index (κ1) is 17.9. The molecule has 0 bridgehead atoms. The molecular weight excluding hydrogens is 308 g/mol. The van der Waals surface area contributed by atoms with Crippen molar-refractivity contribution in [2.24, 2.45) is 0 Å². The lowest BCUT2D eigenvalue weighted by Crippen LogP contribution is -2.50. The standard InChI is InChI=1S/C17H24N4O3/c1-12(22)11-18-14-8-9-15(19(2)3)16-13(14)7-6-10-17(16,20(4)5)21(23)24/h6-9,18H,10-11H2,1-5H3. The van der Waals surface area contributed by atoms with E-state index in [-0.39, 0.29) is 23.7 Å². The number of anilines is 2. The highest BCUT2D eigenvalue weighted by Gasteiger charge is 2.51. The Morgan fingerprint density at radius 3 is 2.50 bits per heavy atom. The van der Waals surface area contributed by atoms with Crippen LogP contribution in [0.2, 0.25) is 0 Å². The number of ketones is 1. The average molecular weight is 332 g/mol. The molecule has 1 unspecified atom stereocenters. The molecule has 0 fully saturated rings. The quantitative estimate of drug-likeness (QED) is 0.489. The first-order valence-electron chi connectivity index (χ1n) is 7.78. The number of carbonyl (C=O) groups is 1. The number of Topliss-reactive ketones (excluding diaryl/α,β-unsaturated/α-hetero) is 1. The molecule has 0 amide bonds. The van der Waals surface area contributed by atoms with E-state index >= 15 is 0 Å². The van der Waals surface area contributed by atoms with Crippen LogP contribution in [0.1, 0.15) is 24.5 Å². The summed E-state index contributed by atoms with van der Waals surface area (Å²) >= 11 is 0. The van der Waals surface area contributed by atoms with Gasteiger partial charge in [-0.05, 0) is 33.2 Å². The number of rotatable bonds is 6. The molecule has 0 aromatic heterocycles. The van der Waals surface area contributed by atoms with Crippen LogP contribution < -0.4 is 10.2 Å². The lowest BCUT2D eigenvalue weighted by molar-refractivity contribution is -0.608. The molecule has 0 radical (unpaired) electrons. The van der Waals surface area contributed by atoms with Crippen molar-refractivity contribution in [3.8, 4) is 0 Å². The number of benzene rings is 1. The van der Waals surface area contributed by atoms with Crippen LogP contribution >= 0.6 is 0 Å². The van der Waals surface area contributed by atoms with E-state index in [0.717, 1.165) is 16.9 Å². The fourth-order valence-electron chi connectivity index (χ4n) is 3.13. The van der Waals surface area contributed by atoms with Crippen LogP contribution in [0.3, 0.4) is 0 Å². The molecule has 7 heteroatoms. The third-order valence-corrected chi connectivity index (χ3v) is 4.36. The molecule has 0 saturated carbocycles. The molecule has 0 saturated heterocycles. The molecular formula is C17H24N4O3. The second-order valence-electron chi connectivity index (χ2n) is 6.45. The van der Waals surface area contributed by atoms with Gasteiger partial charge in [-0.15, -0.1) is 0 Å². The zero-order valence-corrected chi connectivity index (χ0v) is 14.8. The van der Waals surface area contributed by atoms with Crippen molar-refractivity contribution in [3.63, 3.8) is 0 Å². The first-order valence-corrected chi connectivity index (χ1v) is 7.78. The highest BCUT2D eigenvalue weighted by molar-refractivity contribution is 5.84. The largest absolute Gasteiger partial charge is 0.377 e. The Hall–Kier alpha value is -2.41. The molecule has 0 aliphatic heterocycles. The van der Waals surface area contributed by atoms with Gasteiger partial charge in [-0.3, -0.25) is 14.9 Å². The normalized spacial score (nSPS) is 19.1. The Kier molecular flexibility index (Phi) is 4.94. The van der Waals surface area contributed by atoms with E-state index in [4.69, 9.17) is 0 Å². The second kappa shape index (κ2) is 6.60. The summed E-state index contributed by atoms with van der Waals surface area (Å²) in [5, 5.41) is 15.2. The van der Waals surface area contributed by atoms with Crippen LogP contribution in [0.15, 0.2) is 18.2 Å². The fraction of sp³-hybridized carbons (Fsp3) is 0.471. The number of fused-ring (bicyclic) bond motifs is 1. The zero-order valence-electron chi connectivity index (χ0n) is 14.8. The summed E-state index contributed by atoms with van der Waals surface area (Å²) in [5.41, 5.74) is 1.61. The van der Waals surface area contributed by atoms with Crippen molar-refractivity contribution in [1.82, 2.24) is 4.90 Å². The summed E-state index contributed by atoms with van der Waals surface area (Å²) in [7, 11) is 7.19. The van der Waals surface area contributed by atoms with E-state index in [0.29, 0.717) is 5.56 Å². The molecule has 1 aliphatic carbocycles. The minimum atomic E-state index is -1.34. The summed E-state index contributed by atoms with van der Waals surface area (Å²) in [5.74, 6) is 0.00775. The van der Waals surface area contributed by atoms with Gasteiger partial charge >= 0.3 is 5.66 Å². The lowest BCUT2D eigenvalue weighted by atomic mass is 9.83. The number of nitrogens with one attached hydrogen (secondary N) is 1. The number of hydrogen-bond acceptors (Lipinski definition) is 6. The number of nitrogens with zero attached hydrogens (tertiary/aromatic N) is 3. The third-order valence-electron chi connectivity index (χ3n) is 4.36. The van der Waals surface area contributed by atoms with Crippen LogP contribution in [-0.2, 0) is 10.5 Å². The Morgan fingerprint density at radius 1 is 1.33 bits per heavy atom. The van der Waals surface area contributed by atoms with E-state index in [9.17, 15) is 14.9 Å². The first-order chi connectivity index (χ1) is 11.2. The summed E-state index contributed by atoms with van der Waals surface area (Å²) in [4.78, 5) is 26.7. The smallest absolute Gasteiger partial charge is 0.308 e. The van der Waals surface area contributed by atoms with Crippen molar-refractivity contribution in [1.29, 1.82) is 0 Å². The minimum Gasteiger partial charge on any atom is -0.377 e. The van der Waals surface area contributed by atoms with E-state index in [2.05, 4.69) is 5.32 Å². The summed E-state index contributed by atoms with van der Waals surface area (Å²) < 4.78 is 0. The average Bonchev–Trinajstić information content (AvgIpc) is 2.50. The van der Waals surface area contributed by atoms with Crippen LogP contribution in [0, 0.1) is 10.1 Å². The summed E-state index contributed by atoms with van der Waals surface area (Å²) in [6.07, 6.45) is 4.01. The van der Waals surface area contributed by atoms with Crippen molar-refractivity contribution in [3.05, 3.63) is 39.4 Å². The zero-order chi connectivity index (χ0) is 18.1. The van der Waals surface area contributed by atoms with Gasteiger partial charge in [0.05, 0.1) is 18.5 Å². The van der Waals surface area contributed by atoms with Gasteiger partial charge in [0.1, 0.15) is 5.78 Å². The highest BCUT2D eigenvalue weighted by Crippen LogP contribution is 2.45. The van der Waals surface area contributed by atoms with Gasteiger partial charge in [0.15, 0.2) is 0 Å². The number of hydrogen-bond donors (Lipinski definition) is 1. The molecule has 0 spiro atoms. The predicted molar refractivity (Wildman–Crippen MR) is 96.0 cm³/mol. The maximum absolute atomic E-state index is 12.1. The fourth-order valence-corrected chi connectivity index (χ4v) is 3.13. The summed E-state index contributed by atoms with van der Waals surface area (Å²) in [6, 6.07) is 3.73. The van der Waals surface area contributed by atoms with Gasteiger partial charge in [0.2, 0.25) is 0 Å². The van der Waals surface area contributed by atoms with Gasteiger partial charge < -0.3 is 10.2 Å². The van der Waals surface area contributed by atoms with Crippen LogP contribution in [0.25, 0.3) is 6.08 Å². The second-order valence-corrected chi connectivity index (χ2v) is 6.45. The maximum Gasteiger partial charge on any atom is 0.308 e. The van der Waals surface area contributed by atoms with Crippen molar-refractivity contribution in [2.45, 2.75) is 19.0 Å². The minimum absolute atomic E-state index is 0.00775. The molecule has 0 heterocycles. The van der Waals surface area contributed by atoms with E-state index in [1.54, 1.807) is 19.0 Å². The van der Waals surface area contributed by atoms with E-state index < -0.39 is 5.66 Å².